The van der Waals surface area contributed by atoms with Crippen LogP contribution in [0.2, 0.25) is 0 Å². The normalized spacial score (nSPS) is 18.3. The molecular weight excluding hydrogens is 388 g/mol. The van der Waals surface area contributed by atoms with Crippen molar-refractivity contribution in [3.05, 3.63) is 71.3 Å². The number of hydrogen-bond donors (Lipinski definition) is 3. The molecule has 0 amide bonds. The first kappa shape index (κ1) is 23.3. The smallest absolute Gasteiger partial charge is 0.191 e. The first-order valence-electron chi connectivity index (χ1n) is 11.2. The molecular formula is C25H36N4O2. The number of aliphatic imine (C=N–C) groups is 1. The molecule has 6 nitrogen and oxygen atoms in total. The number of hydrogen-bond acceptors (Lipinski definition) is 4. The van der Waals surface area contributed by atoms with Crippen LogP contribution in [0.1, 0.15) is 36.6 Å². The monoisotopic (exact) mass is 424 g/mol. The summed E-state index contributed by atoms with van der Waals surface area (Å²) in [6, 6.07) is 18.6. The molecule has 0 aliphatic carbocycles. The second kappa shape index (κ2) is 11.3. The van der Waals surface area contributed by atoms with E-state index in [2.05, 4.69) is 46.7 Å². The molecule has 0 bridgehead atoms. The highest BCUT2D eigenvalue weighted by atomic mass is 16.5. The topological polar surface area (TPSA) is 69.1 Å². The molecule has 0 aromatic heterocycles. The quantitative estimate of drug-likeness (QED) is 0.449. The fraction of sp³-hybridized carbons (Fsp3) is 0.480. The number of morpholine rings is 1. The number of rotatable bonds is 8. The molecule has 2 aromatic rings. The number of aliphatic hydroxyl groups is 1. The highest BCUT2D eigenvalue weighted by molar-refractivity contribution is 5.79. The third-order valence-electron chi connectivity index (χ3n) is 5.66. The van der Waals surface area contributed by atoms with Crippen molar-refractivity contribution in [1.29, 1.82) is 0 Å². The minimum Gasteiger partial charge on any atom is -0.384 e. The zero-order valence-electron chi connectivity index (χ0n) is 19.0. The van der Waals surface area contributed by atoms with E-state index in [4.69, 9.17) is 9.73 Å². The van der Waals surface area contributed by atoms with Crippen molar-refractivity contribution in [2.75, 3.05) is 45.9 Å². The molecule has 0 radical (unpaired) electrons. The van der Waals surface area contributed by atoms with Gasteiger partial charge in [0.25, 0.3) is 0 Å². The van der Waals surface area contributed by atoms with Crippen molar-refractivity contribution in [2.45, 2.75) is 32.4 Å². The van der Waals surface area contributed by atoms with Gasteiger partial charge in [-0.25, -0.2) is 4.99 Å². The van der Waals surface area contributed by atoms with E-state index in [9.17, 15) is 5.11 Å². The Morgan fingerprint density at radius 2 is 1.87 bits per heavy atom. The van der Waals surface area contributed by atoms with Crippen LogP contribution in [-0.2, 0) is 10.3 Å². The molecule has 2 aromatic carbocycles. The Kier molecular flexibility index (Phi) is 8.46. The van der Waals surface area contributed by atoms with Crippen molar-refractivity contribution in [3.63, 3.8) is 0 Å². The third kappa shape index (κ3) is 6.79. The lowest BCUT2D eigenvalue weighted by Crippen LogP contribution is -2.46. The van der Waals surface area contributed by atoms with Crippen molar-refractivity contribution in [3.8, 4) is 0 Å². The molecule has 1 heterocycles. The molecule has 168 valence electrons. The van der Waals surface area contributed by atoms with Crippen molar-refractivity contribution in [2.24, 2.45) is 4.99 Å². The predicted molar refractivity (Wildman–Crippen MR) is 126 cm³/mol. The van der Waals surface area contributed by atoms with Gasteiger partial charge in [-0.15, -0.1) is 0 Å². The van der Waals surface area contributed by atoms with Gasteiger partial charge < -0.3 is 20.5 Å². The van der Waals surface area contributed by atoms with Crippen LogP contribution in [0.5, 0.6) is 0 Å². The van der Waals surface area contributed by atoms with Crippen molar-refractivity contribution in [1.82, 2.24) is 15.5 Å². The van der Waals surface area contributed by atoms with Gasteiger partial charge in [-0.05, 0) is 31.9 Å². The molecule has 0 spiro atoms. The average Bonchev–Trinajstić information content (AvgIpc) is 2.79. The second-order valence-electron chi connectivity index (χ2n) is 8.29. The largest absolute Gasteiger partial charge is 0.384 e. The number of nitrogens with zero attached hydrogens (tertiary/aromatic N) is 2. The summed E-state index contributed by atoms with van der Waals surface area (Å²) in [7, 11) is 0. The number of ether oxygens (including phenoxy) is 1. The molecule has 1 aliphatic rings. The van der Waals surface area contributed by atoms with Gasteiger partial charge in [-0.2, -0.15) is 0 Å². The summed E-state index contributed by atoms with van der Waals surface area (Å²) in [6.07, 6.45) is 0. The molecule has 1 saturated heterocycles. The summed E-state index contributed by atoms with van der Waals surface area (Å²) in [5.41, 5.74) is 2.39. The number of nitrogens with one attached hydrogen (secondary N) is 2. The molecule has 0 saturated carbocycles. The standard InChI is InChI=1S/C25H36N4O2/c1-4-26-24(28-19-25(3,30)22-11-6-5-7-12-22)27-18-23(29-13-15-31-16-14-29)21-10-8-9-20(2)17-21/h5-12,17,23,30H,4,13-16,18-19H2,1-3H3,(H2,26,27,28). The number of benzene rings is 2. The van der Waals surface area contributed by atoms with Gasteiger partial charge in [0.2, 0.25) is 0 Å². The Hall–Kier alpha value is -2.41. The highest BCUT2D eigenvalue weighted by Crippen LogP contribution is 2.23. The minimum atomic E-state index is -1.02. The van der Waals surface area contributed by atoms with Gasteiger partial charge in [0.15, 0.2) is 5.96 Å². The Morgan fingerprint density at radius 1 is 1.13 bits per heavy atom. The van der Waals surface area contributed by atoms with Crippen LogP contribution in [0, 0.1) is 6.92 Å². The lowest BCUT2D eigenvalue weighted by Gasteiger charge is -2.35. The lowest BCUT2D eigenvalue weighted by atomic mass is 9.96. The van der Waals surface area contributed by atoms with E-state index in [-0.39, 0.29) is 12.6 Å². The number of aryl methyl sites for hydroxylation is 1. The van der Waals surface area contributed by atoms with Gasteiger partial charge in [-0.1, -0.05) is 60.2 Å². The molecule has 1 fully saturated rings. The fourth-order valence-electron chi connectivity index (χ4n) is 3.88. The van der Waals surface area contributed by atoms with Crippen LogP contribution < -0.4 is 10.6 Å². The van der Waals surface area contributed by atoms with Gasteiger partial charge >= 0.3 is 0 Å². The lowest BCUT2D eigenvalue weighted by molar-refractivity contribution is 0.0169. The van der Waals surface area contributed by atoms with Crippen LogP contribution in [0.15, 0.2) is 59.6 Å². The fourth-order valence-corrected chi connectivity index (χ4v) is 3.88. The van der Waals surface area contributed by atoms with E-state index < -0.39 is 5.60 Å². The molecule has 2 atom stereocenters. The first-order valence-corrected chi connectivity index (χ1v) is 11.2. The average molecular weight is 425 g/mol. The zero-order valence-corrected chi connectivity index (χ0v) is 19.0. The molecule has 1 aliphatic heterocycles. The van der Waals surface area contributed by atoms with E-state index in [0.717, 1.165) is 45.0 Å². The van der Waals surface area contributed by atoms with E-state index in [1.54, 1.807) is 6.92 Å². The van der Waals surface area contributed by atoms with E-state index in [0.29, 0.717) is 5.96 Å². The summed E-state index contributed by atoms with van der Waals surface area (Å²) in [5.74, 6) is 0.713. The zero-order chi connectivity index (χ0) is 22.1. The van der Waals surface area contributed by atoms with Crippen molar-refractivity contribution < 1.29 is 9.84 Å². The maximum Gasteiger partial charge on any atom is 0.191 e. The summed E-state index contributed by atoms with van der Waals surface area (Å²) < 4.78 is 5.57. The Bertz CT molecular complexity index is 832. The summed E-state index contributed by atoms with van der Waals surface area (Å²) >= 11 is 0. The van der Waals surface area contributed by atoms with Crippen LogP contribution in [0.3, 0.4) is 0 Å². The Balaban J connectivity index is 1.72. The van der Waals surface area contributed by atoms with Crippen LogP contribution in [0.4, 0.5) is 0 Å². The molecule has 3 N–H and O–H groups in total. The van der Waals surface area contributed by atoms with Gasteiger partial charge in [-0.3, -0.25) is 4.90 Å². The van der Waals surface area contributed by atoms with E-state index in [1.807, 2.05) is 37.3 Å². The number of guanidine groups is 1. The summed E-state index contributed by atoms with van der Waals surface area (Å²) in [4.78, 5) is 7.16. The van der Waals surface area contributed by atoms with Crippen molar-refractivity contribution >= 4 is 5.96 Å². The third-order valence-corrected chi connectivity index (χ3v) is 5.66. The maximum atomic E-state index is 10.9. The summed E-state index contributed by atoms with van der Waals surface area (Å²) in [5, 5.41) is 17.7. The Morgan fingerprint density at radius 3 is 2.55 bits per heavy atom. The first-order chi connectivity index (χ1) is 15.0. The highest BCUT2D eigenvalue weighted by Gasteiger charge is 2.24. The van der Waals surface area contributed by atoms with Gasteiger partial charge in [0.1, 0.15) is 5.60 Å². The molecule has 6 heteroatoms. The maximum absolute atomic E-state index is 10.9. The molecule has 31 heavy (non-hydrogen) atoms. The van der Waals surface area contributed by atoms with E-state index in [1.165, 1.54) is 11.1 Å². The van der Waals surface area contributed by atoms with Gasteiger partial charge in [0.05, 0.1) is 25.8 Å². The second-order valence-corrected chi connectivity index (χ2v) is 8.29. The Labute approximate surface area is 186 Å². The SMILES string of the molecule is CCNC(=NCC(C)(O)c1ccccc1)NCC(c1cccc(C)c1)N1CCOCC1. The van der Waals surface area contributed by atoms with Crippen LogP contribution >= 0.6 is 0 Å². The minimum absolute atomic E-state index is 0.224. The van der Waals surface area contributed by atoms with Gasteiger partial charge in [0, 0.05) is 26.2 Å². The molecule has 2 unspecified atom stereocenters. The molecule has 3 rings (SSSR count). The van der Waals surface area contributed by atoms with Crippen LogP contribution in [0.25, 0.3) is 0 Å². The summed E-state index contributed by atoms with van der Waals surface area (Å²) in [6.45, 7) is 11.1. The van der Waals surface area contributed by atoms with E-state index >= 15 is 0 Å². The predicted octanol–water partition coefficient (Wildman–Crippen LogP) is 2.83. The van der Waals surface area contributed by atoms with Crippen LogP contribution in [-0.4, -0.2) is 61.9 Å².